The van der Waals surface area contributed by atoms with E-state index in [1.54, 1.807) is 0 Å². The van der Waals surface area contributed by atoms with Crippen LogP contribution in [-0.4, -0.2) is 142 Å². The third-order valence-corrected chi connectivity index (χ3v) is 5.19. The minimum absolute atomic E-state index is 0.341. The van der Waals surface area contributed by atoms with Crippen molar-refractivity contribution in [2.24, 2.45) is 0 Å². The predicted octanol–water partition coefficient (Wildman–Crippen LogP) is -4.88. The van der Waals surface area contributed by atoms with E-state index in [1.807, 2.05) is 0 Å². The third-order valence-electron chi connectivity index (χ3n) is 5.19. The maximum Gasteiger partial charge on any atom is 0.303 e. The van der Waals surface area contributed by atoms with Crippen molar-refractivity contribution >= 4 is 11.9 Å². The van der Waals surface area contributed by atoms with E-state index < -0.39 is 99.3 Å². The number of aliphatic hydroxyl groups is 7. The minimum atomic E-state index is -1.75. The van der Waals surface area contributed by atoms with E-state index in [1.165, 1.54) is 0 Å². The Morgan fingerprint density at radius 3 is 1.79 bits per heavy atom. The number of ether oxygens (including phenoxy) is 6. The normalized spacial score (nSPS) is 39.3. The second-order valence-corrected chi connectivity index (χ2v) is 7.91. The molecule has 2 saturated heterocycles. The molecule has 11 atom stereocenters. The van der Waals surface area contributed by atoms with Crippen molar-refractivity contribution < 1.29 is 73.8 Å². The lowest BCUT2D eigenvalue weighted by molar-refractivity contribution is -0.332. The largest absolute Gasteiger partial charge is 0.462 e. The van der Waals surface area contributed by atoms with Gasteiger partial charge in [-0.1, -0.05) is 0 Å². The van der Waals surface area contributed by atoms with E-state index >= 15 is 0 Å². The van der Waals surface area contributed by atoms with Crippen LogP contribution in [0.5, 0.6) is 0 Å². The zero-order chi connectivity index (χ0) is 25.6. The molecule has 15 nitrogen and oxygen atoms in total. The summed E-state index contributed by atoms with van der Waals surface area (Å²) in [5.41, 5.74) is 0. The van der Waals surface area contributed by atoms with Crippen molar-refractivity contribution in [2.45, 2.75) is 81.4 Å². The monoisotopic (exact) mass is 500 g/mol. The van der Waals surface area contributed by atoms with E-state index in [9.17, 15) is 45.3 Å². The highest BCUT2D eigenvalue weighted by atomic mass is 16.7. The maximum absolute atomic E-state index is 11.2. The van der Waals surface area contributed by atoms with Crippen LogP contribution in [-0.2, 0) is 38.0 Å². The summed E-state index contributed by atoms with van der Waals surface area (Å²) < 4.78 is 31.0. The first kappa shape index (κ1) is 28.7. The van der Waals surface area contributed by atoms with Crippen molar-refractivity contribution in [3.8, 4) is 0 Å². The van der Waals surface area contributed by atoms with Gasteiger partial charge < -0.3 is 64.2 Å². The first-order chi connectivity index (χ1) is 16.0. The molecule has 7 N–H and O–H groups in total. The Bertz CT molecular complexity index is 660. The van der Waals surface area contributed by atoms with Crippen LogP contribution in [0.3, 0.4) is 0 Å². The zero-order valence-corrected chi connectivity index (χ0v) is 18.6. The molecule has 0 aliphatic carbocycles. The molecule has 198 valence electrons. The standard InChI is InChI=1S/C19H32O15/c1-7(21)29-4-9(32-8(2)22)5-30-18-17(28)15(26)13(24)11(34-18)6-31-19-16(27)14(25)12(23)10(3-20)33-19/h9-20,23-28H,3-6H2,1-2H3. The van der Waals surface area contributed by atoms with Gasteiger partial charge in [0.1, 0.15) is 55.4 Å². The second kappa shape index (κ2) is 13.0. The summed E-state index contributed by atoms with van der Waals surface area (Å²) in [4.78, 5) is 22.2. The van der Waals surface area contributed by atoms with Crippen molar-refractivity contribution in [1.29, 1.82) is 0 Å². The molecule has 2 fully saturated rings. The molecular formula is C19H32O15. The molecule has 0 radical (unpaired) electrons. The molecule has 2 rings (SSSR count). The lowest BCUT2D eigenvalue weighted by Gasteiger charge is -2.42. The zero-order valence-electron chi connectivity index (χ0n) is 18.6. The van der Waals surface area contributed by atoms with Crippen LogP contribution >= 0.6 is 0 Å². The number of hydrogen-bond donors (Lipinski definition) is 7. The molecule has 0 spiro atoms. The van der Waals surface area contributed by atoms with E-state index in [0.29, 0.717) is 0 Å². The first-order valence-corrected chi connectivity index (χ1v) is 10.5. The fourth-order valence-corrected chi connectivity index (χ4v) is 3.35. The fraction of sp³-hybridized carbons (Fsp3) is 0.895. The molecule has 2 aliphatic heterocycles. The molecular weight excluding hydrogens is 468 g/mol. The molecule has 15 heteroatoms. The Balaban J connectivity index is 1.98. The van der Waals surface area contributed by atoms with Crippen LogP contribution in [0, 0.1) is 0 Å². The molecule has 11 unspecified atom stereocenters. The predicted molar refractivity (Wildman–Crippen MR) is 105 cm³/mol. The van der Waals surface area contributed by atoms with Gasteiger partial charge in [-0.2, -0.15) is 0 Å². The summed E-state index contributed by atoms with van der Waals surface area (Å²) in [5, 5.41) is 69.5. The highest BCUT2D eigenvalue weighted by Crippen LogP contribution is 2.26. The Morgan fingerprint density at radius 1 is 0.735 bits per heavy atom. The number of aliphatic hydroxyl groups excluding tert-OH is 7. The van der Waals surface area contributed by atoms with Gasteiger partial charge in [0.05, 0.1) is 19.8 Å². The van der Waals surface area contributed by atoms with Gasteiger partial charge in [0.2, 0.25) is 0 Å². The van der Waals surface area contributed by atoms with Crippen molar-refractivity contribution in [2.75, 3.05) is 26.4 Å². The number of carbonyl (C=O) groups excluding carboxylic acids is 2. The minimum Gasteiger partial charge on any atom is -0.462 e. The Morgan fingerprint density at radius 2 is 1.26 bits per heavy atom. The van der Waals surface area contributed by atoms with E-state index in [2.05, 4.69) is 0 Å². The fourth-order valence-electron chi connectivity index (χ4n) is 3.35. The lowest BCUT2D eigenvalue weighted by atomic mass is 9.98. The second-order valence-electron chi connectivity index (χ2n) is 7.91. The van der Waals surface area contributed by atoms with Crippen molar-refractivity contribution in [1.82, 2.24) is 0 Å². The Kier molecular flexibility index (Phi) is 11.0. The summed E-state index contributed by atoms with van der Waals surface area (Å²) in [6.07, 6.45) is -16.8. The van der Waals surface area contributed by atoms with Crippen molar-refractivity contribution in [3.05, 3.63) is 0 Å². The first-order valence-electron chi connectivity index (χ1n) is 10.5. The smallest absolute Gasteiger partial charge is 0.303 e. The molecule has 34 heavy (non-hydrogen) atoms. The van der Waals surface area contributed by atoms with Gasteiger partial charge in [0.25, 0.3) is 0 Å². The molecule has 0 saturated carbocycles. The van der Waals surface area contributed by atoms with E-state index in [-0.39, 0.29) is 6.61 Å². The SMILES string of the molecule is CC(=O)OCC(COC1OC(COC2OC(CO)C(O)C(O)C2O)C(O)C(O)C1O)OC(C)=O. The summed E-state index contributed by atoms with van der Waals surface area (Å²) in [6.45, 7) is 0.320. The lowest BCUT2D eigenvalue weighted by Crippen LogP contribution is -2.61. The summed E-state index contributed by atoms with van der Waals surface area (Å²) in [5.74, 6) is -1.32. The molecule has 0 amide bonds. The van der Waals surface area contributed by atoms with Gasteiger partial charge in [-0.25, -0.2) is 0 Å². The van der Waals surface area contributed by atoms with Crippen LogP contribution < -0.4 is 0 Å². The quantitative estimate of drug-likeness (QED) is 0.139. The van der Waals surface area contributed by atoms with Gasteiger partial charge >= 0.3 is 11.9 Å². The molecule has 2 aliphatic rings. The molecule has 0 bridgehead atoms. The van der Waals surface area contributed by atoms with Crippen LogP contribution in [0.25, 0.3) is 0 Å². The number of carbonyl (C=O) groups is 2. The summed E-state index contributed by atoms with van der Waals surface area (Å²) >= 11 is 0. The van der Waals surface area contributed by atoms with Crippen LogP contribution in [0.2, 0.25) is 0 Å². The molecule has 0 aromatic heterocycles. The van der Waals surface area contributed by atoms with Gasteiger partial charge in [-0.05, 0) is 0 Å². The molecule has 0 aromatic carbocycles. The third kappa shape index (κ3) is 7.50. The van der Waals surface area contributed by atoms with Gasteiger partial charge in [-0.3, -0.25) is 9.59 Å². The van der Waals surface area contributed by atoms with Gasteiger partial charge in [0, 0.05) is 13.8 Å². The topological polar surface area (TPSA) is 231 Å². The average Bonchev–Trinajstić information content (AvgIpc) is 2.78. The highest BCUT2D eigenvalue weighted by Gasteiger charge is 2.47. The average molecular weight is 500 g/mol. The summed E-state index contributed by atoms with van der Waals surface area (Å²) in [7, 11) is 0. The van der Waals surface area contributed by atoms with E-state index in [4.69, 9.17) is 28.4 Å². The van der Waals surface area contributed by atoms with Crippen LogP contribution in [0.4, 0.5) is 0 Å². The molecule has 2 heterocycles. The number of hydrogen-bond acceptors (Lipinski definition) is 15. The Hall–Kier alpha value is -1.50. The van der Waals surface area contributed by atoms with Crippen LogP contribution in [0.15, 0.2) is 0 Å². The number of rotatable bonds is 10. The van der Waals surface area contributed by atoms with Gasteiger partial charge in [0.15, 0.2) is 18.7 Å². The van der Waals surface area contributed by atoms with Crippen molar-refractivity contribution in [3.63, 3.8) is 0 Å². The van der Waals surface area contributed by atoms with E-state index in [0.717, 1.165) is 13.8 Å². The highest BCUT2D eigenvalue weighted by molar-refractivity contribution is 5.67. The van der Waals surface area contributed by atoms with Gasteiger partial charge in [-0.15, -0.1) is 0 Å². The number of esters is 2. The molecule has 0 aromatic rings. The maximum atomic E-state index is 11.2. The Labute approximate surface area is 194 Å². The summed E-state index contributed by atoms with van der Waals surface area (Å²) in [6, 6.07) is 0. The van der Waals surface area contributed by atoms with Crippen LogP contribution in [0.1, 0.15) is 13.8 Å².